The number of hydrogen-bond donors (Lipinski definition) is 2. The van der Waals surface area contributed by atoms with Gasteiger partial charge in [-0.2, -0.15) is 26.3 Å². The fourth-order valence-corrected chi connectivity index (χ4v) is 7.14. The predicted molar refractivity (Wildman–Crippen MR) is 170 cm³/mol. The normalized spacial score (nSPS) is 17.3. The number of anilines is 2. The summed E-state index contributed by atoms with van der Waals surface area (Å²) in [6, 6.07) is 5.63. The molecule has 46 heavy (non-hydrogen) atoms. The van der Waals surface area contributed by atoms with Crippen LogP contribution in [0.5, 0.6) is 0 Å². The largest absolute Gasteiger partial charge is 0.418 e. The smallest absolute Gasteiger partial charge is 0.325 e. The molecule has 20 heteroatoms. The Hall–Kier alpha value is -2.90. The molecule has 4 rings (SSSR count). The van der Waals surface area contributed by atoms with E-state index < -0.39 is 71.3 Å². The molecule has 0 unspecified atom stereocenters. The van der Waals surface area contributed by atoms with Gasteiger partial charge in [0, 0.05) is 36.0 Å². The van der Waals surface area contributed by atoms with Crippen LogP contribution in [0.4, 0.5) is 37.7 Å². The van der Waals surface area contributed by atoms with E-state index in [0.717, 1.165) is 45.5 Å². The summed E-state index contributed by atoms with van der Waals surface area (Å²) in [5, 5.41) is 3.91. The lowest BCUT2D eigenvalue weighted by Crippen LogP contribution is -2.33. The number of nitrogens with zero attached hydrogens (tertiary/aromatic N) is 2. The van der Waals surface area contributed by atoms with Crippen molar-refractivity contribution in [2.75, 3.05) is 23.7 Å². The highest BCUT2D eigenvalue weighted by atomic mass is 35.5. The van der Waals surface area contributed by atoms with Crippen LogP contribution in [0.25, 0.3) is 0 Å². The van der Waals surface area contributed by atoms with Gasteiger partial charge in [0.2, 0.25) is 11.8 Å². The van der Waals surface area contributed by atoms with Crippen LogP contribution in [-0.4, -0.2) is 55.2 Å². The quantitative estimate of drug-likeness (QED) is 0.164. The summed E-state index contributed by atoms with van der Waals surface area (Å²) in [4.78, 5) is 53.0. The highest BCUT2D eigenvalue weighted by molar-refractivity contribution is 8.29. The van der Waals surface area contributed by atoms with Crippen molar-refractivity contribution < 1.29 is 45.5 Å². The number of rotatable bonds is 8. The van der Waals surface area contributed by atoms with E-state index >= 15 is 0 Å². The first-order valence-corrected chi connectivity index (χ1v) is 15.7. The SMILES string of the molecule is O=C(CCN1C(=O)C(=C2SC(=S)N(CCC(=O)Nc3ccc(Cl)cc3C(F)(F)F)C2=O)SC1=S)Nc1ccc(Cl)cc1C(F)(F)F. The molecule has 0 atom stereocenters. The molecular formula is C26H16Cl2F6N4O4S4. The summed E-state index contributed by atoms with van der Waals surface area (Å²) in [5.41, 5.74) is -3.37. The monoisotopic (exact) mass is 760 g/mol. The third-order valence-corrected chi connectivity index (χ3v) is 9.65. The molecule has 0 saturated carbocycles. The average molecular weight is 762 g/mol. The lowest BCUT2D eigenvalue weighted by atomic mass is 10.1. The Balaban J connectivity index is 1.38. The maximum absolute atomic E-state index is 13.3. The summed E-state index contributed by atoms with van der Waals surface area (Å²) in [6.45, 7) is -0.639. The number of carbonyl (C=O) groups is 4. The third kappa shape index (κ3) is 8.32. The summed E-state index contributed by atoms with van der Waals surface area (Å²) in [6.07, 6.45) is -10.5. The van der Waals surface area contributed by atoms with E-state index in [2.05, 4.69) is 10.6 Å². The lowest BCUT2D eigenvalue weighted by molar-refractivity contribution is -0.138. The van der Waals surface area contributed by atoms with Crippen molar-refractivity contribution in [2.24, 2.45) is 0 Å². The van der Waals surface area contributed by atoms with E-state index in [0.29, 0.717) is 12.1 Å². The Kier molecular flexibility index (Phi) is 11.0. The van der Waals surface area contributed by atoms with Crippen molar-refractivity contribution in [3.63, 3.8) is 0 Å². The molecule has 0 radical (unpaired) electrons. The zero-order valence-electron chi connectivity index (χ0n) is 22.5. The van der Waals surface area contributed by atoms with Crippen LogP contribution < -0.4 is 10.6 Å². The van der Waals surface area contributed by atoms with Crippen molar-refractivity contribution in [2.45, 2.75) is 25.2 Å². The summed E-state index contributed by atoms with van der Waals surface area (Å²) >= 11 is 23.2. The number of thiocarbonyl (C=S) groups is 2. The molecule has 2 saturated heterocycles. The Labute approximate surface area is 285 Å². The molecule has 0 aromatic heterocycles. The number of amides is 4. The molecule has 0 aliphatic carbocycles. The molecule has 244 valence electrons. The highest BCUT2D eigenvalue weighted by Gasteiger charge is 2.42. The minimum absolute atomic E-state index is 0.0247. The first-order valence-electron chi connectivity index (χ1n) is 12.5. The third-order valence-electron chi connectivity index (χ3n) is 6.15. The van der Waals surface area contributed by atoms with Gasteiger partial charge in [-0.25, -0.2) is 0 Å². The topological polar surface area (TPSA) is 98.8 Å². The average Bonchev–Trinajstić information content (AvgIpc) is 3.39. The van der Waals surface area contributed by atoms with Crippen molar-refractivity contribution >= 4 is 115 Å². The first-order chi connectivity index (χ1) is 21.4. The van der Waals surface area contributed by atoms with Crippen LogP contribution in [-0.2, 0) is 31.5 Å². The van der Waals surface area contributed by atoms with Gasteiger partial charge in [-0.05, 0) is 36.4 Å². The maximum Gasteiger partial charge on any atom is 0.418 e. The molecule has 8 nitrogen and oxygen atoms in total. The molecular weight excluding hydrogens is 745 g/mol. The number of benzene rings is 2. The molecule has 4 amide bonds. The number of alkyl halides is 6. The maximum atomic E-state index is 13.3. The highest BCUT2D eigenvalue weighted by Crippen LogP contribution is 2.43. The van der Waals surface area contributed by atoms with Crippen molar-refractivity contribution in [3.8, 4) is 0 Å². The van der Waals surface area contributed by atoms with Crippen LogP contribution in [0, 0.1) is 0 Å². The van der Waals surface area contributed by atoms with E-state index in [-0.39, 0.29) is 41.6 Å². The van der Waals surface area contributed by atoms with E-state index in [9.17, 15) is 45.5 Å². The van der Waals surface area contributed by atoms with Gasteiger partial charge in [0.15, 0.2) is 0 Å². The minimum atomic E-state index is -4.80. The lowest BCUT2D eigenvalue weighted by Gasteiger charge is -2.17. The number of nitrogens with one attached hydrogen (secondary N) is 2. The van der Waals surface area contributed by atoms with E-state index in [1.165, 1.54) is 12.1 Å². The predicted octanol–water partition coefficient (Wildman–Crippen LogP) is 7.32. The van der Waals surface area contributed by atoms with Crippen LogP contribution in [0.3, 0.4) is 0 Å². The standard InChI is InChI=1S/C26H16Cl2F6N4O4S4/c27-11-1-3-15(13(9-11)25(29,30)31)35-17(39)5-7-37-21(41)19(45-23(37)43)20-22(42)38(24(44)46-20)8-6-18(40)36-16-4-2-12(28)10-14(16)26(32,33)34/h1-4,9-10H,5-8H2,(H,35,39)(H,36,40). The van der Waals surface area contributed by atoms with Gasteiger partial charge in [-0.15, -0.1) is 0 Å². The van der Waals surface area contributed by atoms with Gasteiger partial charge in [0.05, 0.1) is 32.3 Å². The molecule has 2 N–H and O–H groups in total. The van der Waals surface area contributed by atoms with Gasteiger partial charge < -0.3 is 10.6 Å². The Morgan fingerprint density at radius 1 is 0.696 bits per heavy atom. The van der Waals surface area contributed by atoms with Crippen LogP contribution in [0.1, 0.15) is 24.0 Å². The van der Waals surface area contributed by atoms with Crippen LogP contribution in [0.15, 0.2) is 46.2 Å². The molecule has 2 aliphatic rings. The molecule has 2 heterocycles. The number of carbonyl (C=O) groups excluding carboxylic acids is 4. The van der Waals surface area contributed by atoms with Crippen LogP contribution >= 0.6 is 71.2 Å². The van der Waals surface area contributed by atoms with Crippen molar-refractivity contribution in [1.29, 1.82) is 0 Å². The van der Waals surface area contributed by atoms with Crippen LogP contribution in [0.2, 0.25) is 10.0 Å². The van der Waals surface area contributed by atoms with E-state index in [4.69, 9.17) is 47.6 Å². The molecule has 2 fully saturated rings. The molecule has 0 bridgehead atoms. The zero-order valence-corrected chi connectivity index (χ0v) is 27.3. The van der Waals surface area contributed by atoms with Crippen molar-refractivity contribution in [1.82, 2.24) is 9.80 Å². The molecule has 2 aromatic rings. The number of thioether (sulfide) groups is 2. The summed E-state index contributed by atoms with van der Waals surface area (Å²) in [5.74, 6) is -3.20. The van der Waals surface area contributed by atoms with Gasteiger partial charge in [0.1, 0.15) is 8.64 Å². The van der Waals surface area contributed by atoms with E-state index in [1.807, 2.05) is 0 Å². The second-order valence-electron chi connectivity index (χ2n) is 9.28. The number of halogens is 8. The van der Waals surface area contributed by atoms with E-state index in [1.54, 1.807) is 0 Å². The molecule has 2 aliphatic heterocycles. The van der Waals surface area contributed by atoms with Gasteiger partial charge in [0.25, 0.3) is 11.8 Å². The summed E-state index contributed by atoms with van der Waals surface area (Å²) in [7, 11) is 0. The molecule has 0 spiro atoms. The Morgan fingerprint density at radius 3 is 1.37 bits per heavy atom. The summed E-state index contributed by atoms with van der Waals surface area (Å²) < 4.78 is 80.0. The Bertz CT molecular complexity index is 1580. The van der Waals surface area contributed by atoms with Gasteiger partial charge in [-0.3, -0.25) is 29.0 Å². The van der Waals surface area contributed by atoms with Gasteiger partial charge in [-0.1, -0.05) is 71.2 Å². The van der Waals surface area contributed by atoms with Gasteiger partial charge >= 0.3 is 12.4 Å². The van der Waals surface area contributed by atoms with Crippen molar-refractivity contribution in [3.05, 3.63) is 67.4 Å². The number of hydrogen-bond acceptors (Lipinski definition) is 8. The second-order valence-corrected chi connectivity index (χ2v) is 13.4. The zero-order chi connectivity index (χ0) is 34.1. The second kappa shape index (κ2) is 14.1. The Morgan fingerprint density at radius 2 is 1.04 bits per heavy atom. The first kappa shape index (κ1) is 35.9. The fourth-order valence-electron chi connectivity index (χ4n) is 4.03. The fraction of sp³-hybridized carbons (Fsp3) is 0.231. The molecule has 2 aromatic carbocycles. The minimum Gasteiger partial charge on any atom is -0.325 e.